The summed E-state index contributed by atoms with van der Waals surface area (Å²) in [5.41, 5.74) is 0. The van der Waals surface area contributed by atoms with Gasteiger partial charge in [0.25, 0.3) is 0 Å². The molecular weight excluding hydrogens is 220 g/mol. The van der Waals surface area contributed by atoms with Crippen LogP contribution in [0.5, 0.6) is 0 Å². The van der Waals surface area contributed by atoms with Crippen LogP contribution in [-0.4, -0.2) is 42.6 Å². The number of carbonyl (C=O) groups excluding carboxylic acids is 2. The van der Waals surface area contributed by atoms with Gasteiger partial charge in [-0.25, -0.2) is 4.79 Å². The van der Waals surface area contributed by atoms with Gasteiger partial charge >= 0.3 is 6.03 Å². The number of amides is 3. The number of nitrogens with zero attached hydrogens (tertiary/aromatic N) is 1. The second kappa shape index (κ2) is 6.00. The van der Waals surface area contributed by atoms with Crippen molar-refractivity contribution in [2.45, 2.75) is 33.7 Å². The van der Waals surface area contributed by atoms with Crippen molar-refractivity contribution in [1.29, 1.82) is 0 Å². The fraction of sp³-hybridized carbons (Fsp3) is 0.833. The van der Waals surface area contributed by atoms with Crippen molar-refractivity contribution in [1.82, 2.24) is 10.2 Å². The topological polar surface area (TPSA) is 58.6 Å². The van der Waals surface area contributed by atoms with Crippen LogP contribution in [0, 0.1) is 11.8 Å². The Kier molecular flexibility index (Phi) is 4.93. The molecule has 1 saturated heterocycles. The quantitative estimate of drug-likeness (QED) is 0.789. The Labute approximate surface area is 102 Å². The van der Waals surface area contributed by atoms with Gasteiger partial charge in [0, 0.05) is 13.2 Å². The summed E-state index contributed by atoms with van der Waals surface area (Å²) in [5.74, 6) is -0.0477. The molecule has 5 nitrogen and oxygen atoms in total. The summed E-state index contributed by atoms with van der Waals surface area (Å²) in [4.78, 5) is 24.9. The number of imide groups is 1. The summed E-state index contributed by atoms with van der Waals surface area (Å²) in [6, 6.07) is -0.281. The Morgan fingerprint density at radius 3 is 2.65 bits per heavy atom. The predicted octanol–water partition coefficient (Wildman–Crippen LogP) is 1.24. The molecule has 1 aliphatic rings. The average molecular weight is 242 g/mol. The third kappa shape index (κ3) is 3.43. The molecule has 1 fully saturated rings. The first-order chi connectivity index (χ1) is 7.97. The van der Waals surface area contributed by atoms with Crippen LogP contribution in [0.2, 0.25) is 0 Å². The van der Waals surface area contributed by atoms with E-state index in [1.54, 1.807) is 4.90 Å². The summed E-state index contributed by atoms with van der Waals surface area (Å²) >= 11 is 0. The van der Waals surface area contributed by atoms with Gasteiger partial charge in [-0.3, -0.25) is 10.1 Å². The van der Waals surface area contributed by atoms with Crippen LogP contribution >= 0.6 is 0 Å². The van der Waals surface area contributed by atoms with Crippen LogP contribution in [0.1, 0.15) is 27.7 Å². The minimum absolute atomic E-state index is 0.0190. The van der Waals surface area contributed by atoms with Crippen LogP contribution in [0.4, 0.5) is 4.79 Å². The van der Waals surface area contributed by atoms with E-state index in [-0.39, 0.29) is 23.9 Å². The van der Waals surface area contributed by atoms with E-state index < -0.39 is 0 Å². The lowest BCUT2D eigenvalue weighted by Crippen LogP contribution is -2.59. The molecule has 0 bridgehead atoms. The van der Waals surface area contributed by atoms with E-state index in [1.807, 2.05) is 13.8 Å². The van der Waals surface area contributed by atoms with Crippen LogP contribution in [0.3, 0.4) is 0 Å². The fourth-order valence-electron chi connectivity index (χ4n) is 1.93. The van der Waals surface area contributed by atoms with Gasteiger partial charge in [-0.05, 0) is 12.8 Å². The zero-order valence-corrected chi connectivity index (χ0v) is 11.0. The molecule has 0 radical (unpaired) electrons. The molecule has 0 spiro atoms. The molecule has 0 saturated carbocycles. The minimum atomic E-state index is -0.300. The van der Waals surface area contributed by atoms with Gasteiger partial charge in [0.2, 0.25) is 5.91 Å². The summed E-state index contributed by atoms with van der Waals surface area (Å²) in [6.45, 7) is 9.49. The monoisotopic (exact) mass is 242 g/mol. The minimum Gasteiger partial charge on any atom is -0.380 e. The second-order valence-corrected chi connectivity index (χ2v) is 4.82. The van der Waals surface area contributed by atoms with Crippen molar-refractivity contribution < 1.29 is 14.3 Å². The summed E-state index contributed by atoms with van der Waals surface area (Å²) in [6.07, 6.45) is 0. The van der Waals surface area contributed by atoms with E-state index in [2.05, 4.69) is 19.2 Å². The fourth-order valence-corrected chi connectivity index (χ4v) is 1.93. The van der Waals surface area contributed by atoms with Crippen molar-refractivity contribution in [2.24, 2.45) is 11.8 Å². The number of hydrogen-bond acceptors (Lipinski definition) is 3. The third-order valence-electron chi connectivity index (χ3n) is 3.07. The Hall–Kier alpha value is -1.10. The maximum atomic E-state index is 11.8. The lowest BCUT2D eigenvalue weighted by Gasteiger charge is -2.38. The zero-order valence-electron chi connectivity index (χ0n) is 11.0. The maximum Gasteiger partial charge on any atom is 0.324 e. The molecule has 3 amide bonds. The Morgan fingerprint density at radius 2 is 2.12 bits per heavy atom. The predicted molar refractivity (Wildman–Crippen MR) is 64.5 cm³/mol. The number of ether oxygens (including phenoxy) is 1. The highest BCUT2D eigenvalue weighted by Gasteiger charge is 2.34. The molecule has 5 heteroatoms. The number of rotatable bonds is 5. The van der Waals surface area contributed by atoms with Crippen LogP contribution in [-0.2, 0) is 9.53 Å². The number of nitrogens with one attached hydrogen (secondary N) is 1. The van der Waals surface area contributed by atoms with E-state index in [0.717, 1.165) is 0 Å². The lowest BCUT2D eigenvalue weighted by molar-refractivity contribution is -0.126. The van der Waals surface area contributed by atoms with Gasteiger partial charge in [0.05, 0.1) is 18.6 Å². The molecule has 98 valence electrons. The zero-order chi connectivity index (χ0) is 13.0. The van der Waals surface area contributed by atoms with E-state index >= 15 is 0 Å². The first-order valence-corrected chi connectivity index (χ1v) is 6.16. The normalized spacial score (nSPS) is 22.9. The van der Waals surface area contributed by atoms with Crippen LogP contribution < -0.4 is 5.32 Å². The van der Waals surface area contributed by atoms with E-state index in [0.29, 0.717) is 25.7 Å². The molecule has 1 N–H and O–H groups in total. The molecule has 17 heavy (non-hydrogen) atoms. The van der Waals surface area contributed by atoms with Gasteiger partial charge < -0.3 is 9.64 Å². The summed E-state index contributed by atoms with van der Waals surface area (Å²) in [5, 5.41) is 2.38. The molecule has 0 aliphatic carbocycles. The molecular formula is C12H22N2O3. The molecule has 0 aromatic carbocycles. The average Bonchev–Trinajstić information content (AvgIpc) is 2.25. The second-order valence-electron chi connectivity index (χ2n) is 4.82. The van der Waals surface area contributed by atoms with Gasteiger partial charge in [0.1, 0.15) is 0 Å². The molecule has 0 aromatic rings. The van der Waals surface area contributed by atoms with Gasteiger partial charge in [0.15, 0.2) is 0 Å². The highest BCUT2D eigenvalue weighted by molar-refractivity contribution is 5.97. The van der Waals surface area contributed by atoms with Gasteiger partial charge in [-0.15, -0.1) is 0 Å². The standard InChI is InChI=1S/C12H22N2O3/c1-5-17-7-10(8(2)3)14-6-9(4)11(15)13-12(14)16/h8-10H,5-7H2,1-4H3,(H,13,15,16). The van der Waals surface area contributed by atoms with E-state index in [9.17, 15) is 9.59 Å². The SMILES string of the molecule is CCOCC(C(C)C)N1CC(C)C(=O)NC1=O. The number of hydrogen-bond donors (Lipinski definition) is 1. The van der Waals surface area contributed by atoms with Crippen molar-refractivity contribution in [3.05, 3.63) is 0 Å². The largest absolute Gasteiger partial charge is 0.380 e. The van der Waals surface area contributed by atoms with E-state index in [4.69, 9.17) is 4.74 Å². The lowest BCUT2D eigenvalue weighted by atomic mass is 10.00. The Balaban J connectivity index is 2.72. The smallest absolute Gasteiger partial charge is 0.324 e. The maximum absolute atomic E-state index is 11.8. The Morgan fingerprint density at radius 1 is 1.47 bits per heavy atom. The highest BCUT2D eigenvalue weighted by Crippen LogP contribution is 2.17. The third-order valence-corrected chi connectivity index (χ3v) is 3.07. The molecule has 1 aliphatic heterocycles. The molecule has 2 unspecified atom stereocenters. The summed E-state index contributed by atoms with van der Waals surface area (Å²) < 4.78 is 5.41. The van der Waals surface area contributed by atoms with Gasteiger partial charge in [-0.2, -0.15) is 0 Å². The Bertz CT molecular complexity index is 291. The highest BCUT2D eigenvalue weighted by atomic mass is 16.5. The van der Waals surface area contributed by atoms with E-state index in [1.165, 1.54) is 0 Å². The molecule has 0 aromatic heterocycles. The van der Waals surface area contributed by atoms with Crippen molar-refractivity contribution >= 4 is 11.9 Å². The van der Waals surface area contributed by atoms with Gasteiger partial charge in [-0.1, -0.05) is 20.8 Å². The van der Waals surface area contributed by atoms with Crippen molar-refractivity contribution in [3.63, 3.8) is 0 Å². The first-order valence-electron chi connectivity index (χ1n) is 6.16. The van der Waals surface area contributed by atoms with Crippen molar-refractivity contribution in [2.75, 3.05) is 19.8 Å². The molecule has 1 rings (SSSR count). The number of carbonyl (C=O) groups is 2. The van der Waals surface area contributed by atoms with Crippen molar-refractivity contribution in [3.8, 4) is 0 Å². The van der Waals surface area contributed by atoms with Crippen LogP contribution in [0.15, 0.2) is 0 Å². The molecule has 1 heterocycles. The number of urea groups is 1. The summed E-state index contributed by atoms with van der Waals surface area (Å²) in [7, 11) is 0. The first kappa shape index (κ1) is 14.0. The van der Waals surface area contributed by atoms with Crippen LogP contribution in [0.25, 0.3) is 0 Å². The molecule has 2 atom stereocenters.